The molecule has 0 spiro atoms. The highest BCUT2D eigenvalue weighted by atomic mass is 35.5. The molecule has 3 nitrogen and oxygen atoms in total. The Balaban J connectivity index is 2.60. The highest BCUT2D eigenvalue weighted by Crippen LogP contribution is 2.16. The standard InChI is InChI=1S/C13H18ClFN2OS/c1-17(13(18)12(16)5-6-19-2)8-9-3-4-10(14)11(15)7-9/h3-4,7,12H,5-6,8,16H2,1-2H3. The molecule has 0 radical (unpaired) electrons. The lowest BCUT2D eigenvalue weighted by Crippen LogP contribution is -2.41. The summed E-state index contributed by atoms with van der Waals surface area (Å²) in [6.45, 7) is 0.319. The summed E-state index contributed by atoms with van der Waals surface area (Å²) in [4.78, 5) is 13.5. The molecule has 106 valence electrons. The molecule has 0 aliphatic heterocycles. The number of rotatable bonds is 6. The van der Waals surface area contributed by atoms with Crippen LogP contribution in [0.5, 0.6) is 0 Å². The van der Waals surface area contributed by atoms with Crippen LogP contribution in [0.3, 0.4) is 0 Å². The Labute approximate surface area is 122 Å². The van der Waals surface area contributed by atoms with Crippen LogP contribution in [-0.2, 0) is 11.3 Å². The van der Waals surface area contributed by atoms with Gasteiger partial charge in [-0.2, -0.15) is 11.8 Å². The monoisotopic (exact) mass is 304 g/mol. The molecular formula is C13H18ClFN2OS. The van der Waals surface area contributed by atoms with Gasteiger partial charge >= 0.3 is 0 Å². The first-order valence-electron chi connectivity index (χ1n) is 5.89. The van der Waals surface area contributed by atoms with Crippen molar-refractivity contribution in [2.24, 2.45) is 5.73 Å². The molecule has 19 heavy (non-hydrogen) atoms. The largest absolute Gasteiger partial charge is 0.340 e. The van der Waals surface area contributed by atoms with Crippen LogP contribution in [-0.4, -0.2) is 35.9 Å². The zero-order valence-electron chi connectivity index (χ0n) is 11.0. The van der Waals surface area contributed by atoms with Crippen LogP contribution >= 0.6 is 23.4 Å². The lowest BCUT2D eigenvalue weighted by atomic mass is 10.1. The zero-order chi connectivity index (χ0) is 14.4. The second-order valence-electron chi connectivity index (χ2n) is 4.33. The Hall–Kier alpha value is -0.780. The van der Waals surface area contributed by atoms with Crippen LogP contribution < -0.4 is 5.73 Å². The van der Waals surface area contributed by atoms with Crippen molar-refractivity contribution in [3.05, 3.63) is 34.6 Å². The van der Waals surface area contributed by atoms with Gasteiger partial charge in [-0.1, -0.05) is 17.7 Å². The van der Waals surface area contributed by atoms with Gasteiger partial charge in [0.15, 0.2) is 0 Å². The van der Waals surface area contributed by atoms with E-state index >= 15 is 0 Å². The number of nitrogens with zero attached hydrogens (tertiary/aromatic N) is 1. The summed E-state index contributed by atoms with van der Waals surface area (Å²) >= 11 is 7.26. The highest BCUT2D eigenvalue weighted by Gasteiger charge is 2.17. The maximum Gasteiger partial charge on any atom is 0.239 e. The molecule has 0 heterocycles. The van der Waals surface area contributed by atoms with Gasteiger partial charge in [-0.15, -0.1) is 0 Å². The minimum absolute atomic E-state index is 0.0781. The van der Waals surface area contributed by atoms with Crippen LogP contribution in [0.15, 0.2) is 18.2 Å². The van der Waals surface area contributed by atoms with Crippen LogP contribution in [0, 0.1) is 5.82 Å². The third-order valence-corrected chi connectivity index (χ3v) is 3.68. The first kappa shape index (κ1) is 16.3. The van der Waals surface area contributed by atoms with Crippen molar-refractivity contribution >= 4 is 29.3 Å². The summed E-state index contributed by atoms with van der Waals surface area (Å²) < 4.78 is 13.3. The molecule has 0 aliphatic carbocycles. The van der Waals surface area contributed by atoms with E-state index in [-0.39, 0.29) is 10.9 Å². The van der Waals surface area contributed by atoms with E-state index in [4.69, 9.17) is 17.3 Å². The number of nitrogens with two attached hydrogens (primary N) is 1. The summed E-state index contributed by atoms with van der Waals surface area (Å²) in [5.41, 5.74) is 6.50. The molecule has 1 atom stereocenters. The fourth-order valence-corrected chi connectivity index (χ4v) is 2.25. The van der Waals surface area contributed by atoms with Gasteiger partial charge < -0.3 is 10.6 Å². The van der Waals surface area contributed by atoms with Gasteiger partial charge in [0.05, 0.1) is 11.1 Å². The molecule has 0 fully saturated rings. The predicted molar refractivity (Wildman–Crippen MR) is 78.9 cm³/mol. The van der Waals surface area contributed by atoms with Crippen LogP contribution in [0.1, 0.15) is 12.0 Å². The van der Waals surface area contributed by atoms with Gasteiger partial charge in [0.25, 0.3) is 0 Å². The number of thioether (sulfide) groups is 1. The first-order chi connectivity index (χ1) is 8.95. The highest BCUT2D eigenvalue weighted by molar-refractivity contribution is 7.98. The van der Waals surface area contributed by atoms with E-state index < -0.39 is 11.9 Å². The van der Waals surface area contributed by atoms with Gasteiger partial charge in [-0.3, -0.25) is 4.79 Å². The van der Waals surface area contributed by atoms with Crippen LogP contribution in [0.4, 0.5) is 4.39 Å². The number of carbonyl (C=O) groups excluding carboxylic acids is 1. The SMILES string of the molecule is CSCCC(N)C(=O)N(C)Cc1ccc(Cl)c(F)c1. The fraction of sp³-hybridized carbons (Fsp3) is 0.462. The van der Waals surface area contributed by atoms with Gasteiger partial charge in [-0.05, 0) is 36.1 Å². The van der Waals surface area contributed by atoms with E-state index in [0.29, 0.717) is 18.5 Å². The molecular weight excluding hydrogens is 287 g/mol. The number of benzene rings is 1. The lowest BCUT2D eigenvalue weighted by molar-refractivity contribution is -0.131. The fourth-order valence-electron chi connectivity index (χ4n) is 1.64. The maximum absolute atomic E-state index is 13.3. The smallest absolute Gasteiger partial charge is 0.239 e. The second-order valence-corrected chi connectivity index (χ2v) is 5.72. The molecule has 1 amide bonds. The van der Waals surface area contributed by atoms with Gasteiger partial charge in [0.2, 0.25) is 5.91 Å². The zero-order valence-corrected chi connectivity index (χ0v) is 12.6. The number of hydrogen-bond acceptors (Lipinski definition) is 3. The molecule has 0 saturated heterocycles. The summed E-state index contributed by atoms with van der Waals surface area (Å²) in [6.07, 6.45) is 2.61. The van der Waals surface area contributed by atoms with E-state index in [9.17, 15) is 9.18 Å². The number of likely N-dealkylation sites (N-methyl/N-ethyl adjacent to an activating group) is 1. The van der Waals surface area contributed by atoms with E-state index in [1.807, 2.05) is 6.26 Å². The average molecular weight is 305 g/mol. The molecule has 6 heteroatoms. The van der Waals surface area contributed by atoms with Crippen molar-refractivity contribution in [2.75, 3.05) is 19.1 Å². The molecule has 2 N–H and O–H groups in total. The van der Waals surface area contributed by atoms with Crippen molar-refractivity contribution in [2.45, 2.75) is 19.0 Å². The Bertz CT molecular complexity index is 445. The normalized spacial score (nSPS) is 12.3. The molecule has 1 rings (SSSR count). The van der Waals surface area contributed by atoms with Gasteiger partial charge in [-0.25, -0.2) is 4.39 Å². The predicted octanol–water partition coefficient (Wildman–Crippen LogP) is 2.52. The van der Waals surface area contributed by atoms with E-state index in [0.717, 1.165) is 5.75 Å². The number of halogens is 2. The van der Waals surface area contributed by atoms with E-state index in [1.165, 1.54) is 17.0 Å². The lowest BCUT2D eigenvalue weighted by Gasteiger charge is -2.21. The molecule has 0 aliphatic rings. The second kappa shape index (κ2) is 7.72. The van der Waals surface area contributed by atoms with Crippen molar-refractivity contribution in [3.63, 3.8) is 0 Å². The molecule has 1 aromatic carbocycles. The van der Waals surface area contributed by atoms with Crippen molar-refractivity contribution in [1.82, 2.24) is 4.90 Å². The van der Waals surface area contributed by atoms with Crippen LogP contribution in [0.25, 0.3) is 0 Å². The quantitative estimate of drug-likeness (QED) is 0.878. The van der Waals surface area contributed by atoms with Crippen molar-refractivity contribution in [1.29, 1.82) is 0 Å². The Morgan fingerprint density at radius 3 is 2.84 bits per heavy atom. The van der Waals surface area contributed by atoms with Crippen molar-refractivity contribution < 1.29 is 9.18 Å². The van der Waals surface area contributed by atoms with Crippen LogP contribution in [0.2, 0.25) is 5.02 Å². The number of carbonyl (C=O) groups is 1. The summed E-state index contributed by atoms with van der Waals surface area (Å²) in [5.74, 6) is 0.229. The topological polar surface area (TPSA) is 46.3 Å². The molecule has 1 aromatic rings. The molecule has 0 aromatic heterocycles. The summed E-state index contributed by atoms with van der Waals surface area (Å²) in [6, 6.07) is 4.01. The summed E-state index contributed by atoms with van der Waals surface area (Å²) in [7, 11) is 1.66. The number of amides is 1. The maximum atomic E-state index is 13.3. The minimum atomic E-state index is -0.505. The van der Waals surface area contributed by atoms with Crippen molar-refractivity contribution in [3.8, 4) is 0 Å². The molecule has 0 saturated carbocycles. The Morgan fingerprint density at radius 1 is 1.58 bits per heavy atom. The first-order valence-corrected chi connectivity index (χ1v) is 7.66. The minimum Gasteiger partial charge on any atom is -0.340 e. The third kappa shape index (κ3) is 5.01. The summed E-state index contributed by atoms with van der Waals surface area (Å²) in [5, 5.41) is 0.0781. The Morgan fingerprint density at radius 2 is 2.26 bits per heavy atom. The number of hydrogen-bond donors (Lipinski definition) is 1. The van der Waals surface area contributed by atoms with E-state index in [1.54, 1.807) is 24.9 Å². The third-order valence-electron chi connectivity index (χ3n) is 2.73. The van der Waals surface area contributed by atoms with Gasteiger partial charge in [0, 0.05) is 13.6 Å². The Kier molecular flexibility index (Phi) is 6.62. The van der Waals surface area contributed by atoms with Gasteiger partial charge in [0.1, 0.15) is 5.82 Å². The molecule has 0 bridgehead atoms. The molecule has 1 unspecified atom stereocenters. The van der Waals surface area contributed by atoms with E-state index in [2.05, 4.69) is 0 Å². The average Bonchev–Trinajstić information content (AvgIpc) is 2.39.